The van der Waals surface area contributed by atoms with E-state index in [1.54, 1.807) is 6.08 Å². The highest BCUT2D eigenvalue weighted by Crippen LogP contribution is 2.37. The minimum atomic E-state index is -1.03. The Labute approximate surface area is 293 Å². The molecule has 0 aromatic heterocycles. The first kappa shape index (κ1) is 44.5. The Morgan fingerprint density at radius 2 is 1.15 bits per heavy atom. The van der Waals surface area contributed by atoms with Crippen LogP contribution in [0.2, 0.25) is 0 Å². The Kier molecular flexibility index (Phi) is 27.2. The first-order chi connectivity index (χ1) is 23.1. The molecule has 0 aromatic rings. The first-order valence-corrected chi connectivity index (χ1v) is 19.9. The molecule has 1 saturated carbocycles. The predicted molar refractivity (Wildman–Crippen MR) is 193 cm³/mol. The molecule has 0 radical (unpaired) electrons. The number of ether oxygens (including phenoxy) is 2. The van der Waals surface area contributed by atoms with Gasteiger partial charge in [-0.2, -0.15) is 0 Å². The minimum Gasteiger partial charge on any atom is -0.463 e. The third kappa shape index (κ3) is 23.8. The molecule has 0 bridgehead atoms. The van der Waals surface area contributed by atoms with Crippen LogP contribution in [-0.4, -0.2) is 70.0 Å². The van der Waals surface area contributed by atoms with Crippen LogP contribution in [0, 0.1) is 17.8 Å². The van der Waals surface area contributed by atoms with Gasteiger partial charge in [-0.15, -0.1) is 0 Å². The Morgan fingerprint density at radius 3 is 1.67 bits per heavy atom. The van der Waals surface area contributed by atoms with Crippen LogP contribution in [0.3, 0.4) is 0 Å². The van der Waals surface area contributed by atoms with Gasteiger partial charge in [0.2, 0.25) is 0 Å². The molecule has 6 atom stereocenters. The molecule has 8 nitrogen and oxygen atoms in total. The summed E-state index contributed by atoms with van der Waals surface area (Å²) in [6.45, 7) is 6.36. The first-order valence-electron chi connectivity index (χ1n) is 19.9. The SMILES string of the molecule is CCCCC[C@H](O)/C=C/[C@@H]1[C@@H](CCCCCCC(=O)OC[C@@H](O)COC(=O)CCCCCCCCCCCCCC(C)C)[C@@H](O)C[C@H]1O. The van der Waals surface area contributed by atoms with Crippen LogP contribution in [0.25, 0.3) is 0 Å². The maximum Gasteiger partial charge on any atom is 0.305 e. The molecule has 1 aliphatic rings. The van der Waals surface area contributed by atoms with Crippen LogP contribution in [0.1, 0.15) is 175 Å². The lowest BCUT2D eigenvalue weighted by molar-refractivity contribution is -0.152. The number of esters is 2. The van der Waals surface area contributed by atoms with E-state index in [0.29, 0.717) is 25.7 Å². The minimum absolute atomic E-state index is 0.0293. The largest absolute Gasteiger partial charge is 0.463 e. The molecule has 0 aliphatic heterocycles. The van der Waals surface area contributed by atoms with E-state index < -0.39 is 24.4 Å². The molecular formula is C40H74O8. The number of unbranched alkanes of at least 4 members (excludes halogenated alkanes) is 15. The van der Waals surface area contributed by atoms with E-state index in [4.69, 9.17) is 9.47 Å². The lowest BCUT2D eigenvalue weighted by Gasteiger charge is -2.21. The second-order valence-corrected chi connectivity index (χ2v) is 14.9. The zero-order valence-corrected chi connectivity index (χ0v) is 31.0. The van der Waals surface area contributed by atoms with Gasteiger partial charge in [-0.05, 0) is 37.5 Å². The fourth-order valence-electron chi connectivity index (χ4n) is 6.72. The van der Waals surface area contributed by atoms with Crippen LogP contribution in [0.15, 0.2) is 12.2 Å². The third-order valence-corrected chi connectivity index (χ3v) is 9.78. The van der Waals surface area contributed by atoms with Crippen molar-refractivity contribution in [1.82, 2.24) is 0 Å². The van der Waals surface area contributed by atoms with Crippen LogP contribution in [0.4, 0.5) is 0 Å². The fraction of sp³-hybridized carbons (Fsp3) is 0.900. The van der Waals surface area contributed by atoms with E-state index in [-0.39, 0.29) is 43.4 Å². The monoisotopic (exact) mass is 683 g/mol. The highest BCUT2D eigenvalue weighted by atomic mass is 16.6. The van der Waals surface area contributed by atoms with Gasteiger partial charge in [0.1, 0.15) is 19.3 Å². The molecule has 0 unspecified atom stereocenters. The molecule has 4 N–H and O–H groups in total. The van der Waals surface area contributed by atoms with Crippen molar-refractivity contribution in [3.8, 4) is 0 Å². The van der Waals surface area contributed by atoms with Crippen molar-refractivity contribution in [1.29, 1.82) is 0 Å². The van der Waals surface area contributed by atoms with Crippen molar-refractivity contribution < 1.29 is 39.5 Å². The summed E-state index contributed by atoms with van der Waals surface area (Å²) >= 11 is 0. The molecule has 1 rings (SSSR count). The number of carbonyl (C=O) groups is 2. The quantitative estimate of drug-likeness (QED) is 0.0326. The lowest BCUT2D eigenvalue weighted by Crippen LogP contribution is -2.25. The summed E-state index contributed by atoms with van der Waals surface area (Å²) in [7, 11) is 0. The molecule has 282 valence electrons. The van der Waals surface area contributed by atoms with Gasteiger partial charge < -0.3 is 29.9 Å². The smallest absolute Gasteiger partial charge is 0.305 e. The summed E-state index contributed by atoms with van der Waals surface area (Å²) in [5.41, 5.74) is 0. The normalized spacial score (nSPS) is 20.8. The van der Waals surface area contributed by atoms with E-state index in [2.05, 4.69) is 20.8 Å². The van der Waals surface area contributed by atoms with Crippen LogP contribution in [0.5, 0.6) is 0 Å². The predicted octanol–water partition coefficient (Wildman–Crippen LogP) is 8.36. The molecular weight excluding hydrogens is 608 g/mol. The molecule has 8 heteroatoms. The Balaban J connectivity index is 2.01. The zero-order valence-electron chi connectivity index (χ0n) is 31.0. The van der Waals surface area contributed by atoms with Crippen molar-refractivity contribution in [2.45, 2.75) is 199 Å². The Hall–Kier alpha value is -1.48. The van der Waals surface area contributed by atoms with Gasteiger partial charge in [-0.3, -0.25) is 9.59 Å². The highest BCUT2D eigenvalue weighted by molar-refractivity contribution is 5.69. The summed E-state index contributed by atoms with van der Waals surface area (Å²) in [5.74, 6) is -0.0514. The molecule has 0 amide bonds. The Bertz CT molecular complexity index is 815. The fourth-order valence-corrected chi connectivity index (χ4v) is 6.72. The Morgan fingerprint density at radius 1 is 0.667 bits per heavy atom. The van der Waals surface area contributed by atoms with Crippen LogP contribution >= 0.6 is 0 Å². The van der Waals surface area contributed by atoms with Crippen LogP contribution < -0.4 is 0 Å². The summed E-state index contributed by atoms with van der Waals surface area (Å²) in [6, 6.07) is 0. The van der Waals surface area contributed by atoms with E-state index in [1.165, 1.54) is 57.8 Å². The zero-order chi connectivity index (χ0) is 35.4. The second-order valence-electron chi connectivity index (χ2n) is 14.9. The summed E-state index contributed by atoms with van der Waals surface area (Å²) in [4.78, 5) is 24.1. The number of aliphatic hydroxyl groups is 4. The van der Waals surface area contributed by atoms with Gasteiger partial charge in [0.05, 0.1) is 18.3 Å². The maximum atomic E-state index is 12.1. The van der Waals surface area contributed by atoms with Crippen LogP contribution in [-0.2, 0) is 19.1 Å². The van der Waals surface area contributed by atoms with Gasteiger partial charge in [0.15, 0.2) is 0 Å². The average Bonchev–Trinajstić information content (AvgIpc) is 3.32. The number of hydrogen-bond donors (Lipinski definition) is 4. The van der Waals surface area contributed by atoms with Gasteiger partial charge >= 0.3 is 11.9 Å². The van der Waals surface area contributed by atoms with Crippen molar-refractivity contribution in [3.05, 3.63) is 12.2 Å². The van der Waals surface area contributed by atoms with Gasteiger partial charge in [0.25, 0.3) is 0 Å². The topological polar surface area (TPSA) is 134 Å². The van der Waals surface area contributed by atoms with E-state index >= 15 is 0 Å². The molecule has 1 aliphatic carbocycles. The summed E-state index contributed by atoms with van der Waals surface area (Å²) in [6.07, 6.45) is 24.8. The van der Waals surface area contributed by atoms with Crippen molar-refractivity contribution in [2.24, 2.45) is 17.8 Å². The number of hydrogen-bond acceptors (Lipinski definition) is 8. The molecule has 48 heavy (non-hydrogen) atoms. The summed E-state index contributed by atoms with van der Waals surface area (Å²) in [5, 5.41) is 41.2. The van der Waals surface area contributed by atoms with Gasteiger partial charge in [-0.1, -0.05) is 142 Å². The third-order valence-electron chi connectivity index (χ3n) is 9.78. The molecule has 1 fully saturated rings. The van der Waals surface area contributed by atoms with Crippen molar-refractivity contribution in [2.75, 3.05) is 13.2 Å². The van der Waals surface area contributed by atoms with E-state index in [9.17, 15) is 30.0 Å². The van der Waals surface area contributed by atoms with Gasteiger partial charge in [0, 0.05) is 25.2 Å². The number of aliphatic hydroxyl groups excluding tert-OH is 4. The number of carbonyl (C=O) groups excluding carboxylic acids is 2. The molecule has 0 spiro atoms. The maximum absolute atomic E-state index is 12.1. The highest BCUT2D eigenvalue weighted by Gasteiger charge is 2.39. The van der Waals surface area contributed by atoms with E-state index in [0.717, 1.165) is 70.1 Å². The van der Waals surface area contributed by atoms with E-state index in [1.807, 2.05) is 6.08 Å². The summed E-state index contributed by atoms with van der Waals surface area (Å²) < 4.78 is 10.3. The number of rotatable bonds is 31. The molecule has 0 heterocycles. The molecule has 0 saturated heterocycles. The standard InChI is InChI=1S/C40H74O8/c1-4-5-17-23-33(41)27-28-36-35(37(43)29-38(36)44)24-19-15-16-21-26-40(46)48-31-34(42)30-47-39(45)25-20-14-12-10-8-6-7-9-11-13-18-22-32(2)3/h27-28,32-38,41-44H,4-26,29-31H2,1-3H3/b28-27+/t33-,34-,35+,36+,37-,38+/m0/s1. The second kappa shape index (κ2) is 29.3. The van der Waals surface area contributed by atoms with Crippen molar-refractivity contribution in [3.63, 3.8) is 0 Å². The van der Waals surface area contributed by atoms with Gasteiger partial charge in [-0.25, -0.2) is 0 Å². The molecule has 0 aromatic carbocycles. The average molecular weight is 683 g/mol. The van der Waals surface area contributed by atoms with Crippen molar-refractivity contribution >= 4 is 11.9 Å². The lowest BCUT2D eigenvalue weighted by atomic mass is 9.88.